The lowest BCUT2D eigenvalue weighted by atomic mass is 9.77. The molecule has 1 saturated heterocycles. The minimum absolute atomic E-state index is 0.0672. The van der Waals surface area contributed by atoms with Crippen molar-refractivity contribution in [3.05, 3.63) is 53.6 Å². The van der Waals surface area contributed by atoms with Gasteiger partial charge in [0.2, 0.25) is 5.75 Å². The van der Waals surface area contributed by atoms with Gasteiger partial charge in [-0.2, -0.15) is 0 Å². The molecule has 0 radical (unpaired) electrons. The molecule has 1 unspecified atom stereocenters. The number of rotatable bonds is 6. The molecular formula is C21H25NO5. The number of likely N-dealkylation sites (tertiary alicyclic amines) is 1. The quantitative estimate of drug-likeness (QED) is 0.816. The summed E-state index contributed by atoms with van der Waals surface area (Å²) in [7, 11) is 2.86. The van der Waals surface area contributed by atoms with Crippen molar-refractivity contribution in [2.24, 2.45) is 0 Å². The molecule has 0 spiro atoms. The van der Waals surface area contributed by atoms with Gasteiger partial charge in [-0.1, -0.05) is 30.3 Å². The van der Waals surface area contributed by atoms with E-state index in [0.29, 0.717) is 25.1 Å². The van der Waals surface area contributed by atoms with Gasteiger partial charge in [-0.05, 0) is 30.5 Å². The first kappa shape index (κ1) is 19.0. The first-order valence-corrected chi connectivity index (χ1v) is 8.95. The van der Waals surface area contributed by atoms with Gasteiger partial charge in [0, 0.05) is 30.7 Å². The maximum atomic E-state index is 13.1. The number of aliphatic hydroxyl groups is 1. The van der Waals surface area contributed by atoms with Crippen LogP contribution in [-0.2, 0) is 5.41 Å². The topological polar surface area (TPSA) is 79.2 Å². The van der Waals surface area contributed by atoms with E-state index in [1.165, 1.54) is 26.4 Å². The molecule has 2 aromatic rings. The third kappa shape index (κ3) is 3.57. The molecular weight excluding hydrogens is 346 g/mol. The molecule has 2 aromatic carbocycles. The molecule has 6 heteroatoms. The lowest BCUT2D eigenvalue weighted by Crippen LogP contribution is -2.35. The van der Waals surface area contributed by atoms with Crippen LogP contribution in [0.4, 0.5) is 0 Å². The number of methoxy groups -OCH3 is 2. The van der Waals surface area contributed by atoms with E-state index in [1.807, 2.05) is 18.2 Å². The van der Waals surface area contributed by atoms with E-state index >= 15 is 0 Å². The number of phenolic OH excluding ortho intramolecular Hbond substituents is 1. The van der Waals surface area contributed by atoms with Crippen LogP contribution < -0.4 is 9.47 Å². The van der Waals surface area contributed by atoms with E-state index in [-0.39, 0.29) is 35.2 Å². The molecule has 27 heavy (non-hydrogen) atoms. The van der Waals surface area contributed by atoms with Crippen LogP contribution in [0.1, 0.15) is 28.8 Å². The zero-order valence-corrected chi connectivity index (χ0v) is 15.6. The zero-order valence-electron chi connectivity index (χ0n) is 15.6. The summed E-state index contributed by atoms with van der Waals surface area (Å²) < 4.78 is 10.3. The number of amides is 1. The normalized spacial score (nSPS) is 19.1. The Morgan fingerprint density at radius 1 is 1.15 bits per heavy atom. The minimum Gasteiger partial charge on any atom is -0.502 e. The molecule has 0 aromatic heterocycles. The Labute approximate surface area is 159 Å². The summed E-state index contributed by atoms with van der Waals surface area (Å²) in [5, 5.41) is 19.7. The predicted octanol–water partition coefficient (Wildman–Crippen LogP) is 2.58. The lowest BCUT2D eigenvalue weighted by molar-refractivity contribution is 0.0778. The monoisotopic (exact) mass is 371 g/mol. The van der Waals surface area contributed by atoms with Crippen LogP contribution in [0.2, 0.25) is 0 Å². The van der Waals surface area contributed by atoms with Crippen molar-refractivity contribution < 1.29 is 24.5 Å². The summed E-state index contributed by atoms with van der Waals surface area (Å²) in [6, 6.07) is 13.1. The molecule has 0 aliphatic carbocycles. The third-order valence-corrected chi connectivity index (χ3v) is 5.34. The number of nitrogens with zero attached hydrogens (tertiary/aromatic N) is 1. The number of carbonyl (C=O) groups is 1. The van der Waals surface area contributed by atoms with Gasteiger partial charge < -0.3 is 24.6 Å². The average molecular weight is 371 g/mol. The standard InChI is InChI=1S/C21H25NO5/c1-26-17-12-15(13-18(27-2)19(17)24)20(25)22-10-8-21(14-22,9-11-23)16-6-4-3-5-7-16/h3-7,12-13,23-24H,8-11,14H2,1-2H3. The number of hydrogen-bond donors (Lipinski definition) is 2. The number of carbonyl (C=O) groups excluding carboxylic acids is 1. The second-order valence-corrected chi connectivity index (χ2v) is 6.83. The van der Waals surface area contributed by atoms with Crippen molar-refractivity contribution in [3.8, 4) is 17.2 Å². The summed E-state index contributed by atoms with van der Waals surface area (Å²) in [6.07, 6.45) is 1.39. The minimum atomic E-state index is -0.253. The van der Waals surface area contributed by atoms with E-state index < -0.39 is 0 Å². The SMILES string of the molecule is COc1cc(C(=O)N2CCC(CCO)(c3ccccc3)C2)cc(OC)c1O. The van der Waals surface area contributed by atoms with E-state index in [2.05, 4.69) is 12.1 Å². The van der Waals surface area contributed by atoms with Crippen LogP contribution >= 0.6 is 0 Å². The number of hydrogen-bond acceptors (Lipinski definition) is 5. The maximum Gasteiger partial charge on any atom is 0.254 e. The molecule has 1 amide bonds. The summed E-state index contributed by atoms with van der Waals surface area (Å²) >= 11 is 0. The molecule has 3 rings (SSSR count). The average Bonchev–Trinajstić information content (AvgIpc) is 3.14. The number of phenols is 1. The highest BCUT2D eigenvalue weighted by molar-refractivity contribution is 5.96. The summed E-state index contributed by atoms with van der Waals surface area (Å²) in [5.41, 5.74) is 1.28. The smallest absolute Gasteiger partial charge is 0.254 e. The van der Waals surface area contributed by atoms with E-state index in [1.54, 1.807) is 4.90 Å². The van der Waals surface area contributed by atoms with Crippen LogP contribution in [0.5, 0.6) is 17.2 Å². The molecule has 1 fully saturated rings. The van der Waals surface area contributed by atoms with Gasteiger partial charge in [0.15, 0.2) is 11.5 Å². The number of benzene rings is 2. The Morgan fingerprint density at radius 2 is 1.78 bits per heavy atom. The van der Waals surface area contributed by atoms with Crippen molar-refractivity contribution in [1.29, 1.82) is 0 Å². The first-order chi connectivity index (χ1) is 13.0. The highest BCUT2D eigenvalue weighted by Gasteiger charge is 2.41. The summed E-state index contributed by atoms with van der Waals surface area (Å²) in [4.78, 5) is 14.9. The highest BCUT2D eigenvalue weighted by atomic mass is 16.5. The number of ether oxygens (including phenoxy) is 2. The van der Waals surface area contributed by atoms with Crippen LogP contribution in [0.3, 0.4) is 0 Å². The van der Waals surface area contributed by atoms with Crippen molar-refractivity contribution in [2.75, 3.05) is 33.9 Å². The summed E-state index contributed by atoms with van der Waals surface area (Å²) in [6.45, 7) is 1.19. The molecule has 0 saturated carbocycles. The van der Waals surface area contributed by atoms with Crippen molar-refractivity contribution in [3.63, 3.8) is 0 Å². The predicted molar refractivity (Wildman–Crippen MR) is 102 cm³/mol. The van der Waals surface area contributed by atoms with Crippen LogP contribution in [-0.4, -0.2) is 54.9 Å². The molecule has 144 valence electrons. The van der Waals surface area contributed by atoms with Gasteiger partial charge in [0.1, 0.15) is 0 Å². The highest BCUT2D eigenvalue weighted by Crippen LogP contribution is 2.40. The van der Waals surface area contributed by atoms with Gasteiger partial charge in [0.25, 0.3) is 5.91 Å². The Balaban J connectivity index is 1.89. The summed E-state index contributed by atoms with van der Waals surface area (Å²) in [5.74, 6) is 0.113. The zero-order chi connectivity index (χ0) is 19.4. The molecule has 1 aliphatic rings. The molecule has 0 bridgehead atoms. The molecule has 1 aliphatic heterocycles. The fourth-order valence-electron chi connectivity index (χ4n) is 3.84. The molecule has 1 atom stereocenters. The first-order valence-electron chi connectivity index (χ1n) is 8.95. The number of aliphatic hydroxyl groups excluding tert-OH is 1. The van der Waals surface area contributed by atoms with E-state index in [9.17, 15) is 15.0 Å². The Morgan fingerprint density at radius 3 is 2.33 bits per heavy atom. The van der Waals surface area contributed by atoms with Crippen molar-refractivity contribution in [2.45, 2.75) is 18.3 Å². The molecule has 2 N–H and O–H groups in total. The van der Waals surface area contributed by atoms with E-state index in [4.69, 9.17) is 9.47 Å². The molecule has 6 nitrogen and oxygen atoms in total. The number of aromatic hydroxyl groups is 1. The second-order valence-electron chi connectivity index (χ2n) is 6.83. The fraction of sp³-hybridized carbons (Fsp3) is 0.381. The second kappa shape index (κ2) is 7.88. The Bertz CT molecular complexity index is 782. The van der Waals surface area contributed by atoms with Crippen molar-refractivity contribution >= 4 is 5.91 Å². The van der Waals surface area contributed by atoms with Crippen molar-refractivity contribution in [1.82, 2.24) is 4.90 Å². The van der Waals surface area contributed by atoms with Gasteiger partial charge in [0.05, 0.1) is 14.2 Å². The largest absolute Gasteiger partial charge is 0.502 e. The van der Waals surface area contributed by atoms with Gasteiger partial charge >= 0.3 is 0 Å². The fourth-order valence-corrected chi connectivity index (χ4v) is 3.84. The van der Waals surface area contributed by atoms with Crippen LogP contribution in [0.25, 0.3) is 0 Å². The Kier molecular flexibility index (Phi) is 5.56. The van der Waals surface area contributed by atoms with Gasteiger partial charge in [-0.15, -0.1) is 0 Å². The maximum absolute atomic E-state index is 13.1. The van der Waals surface area contributed by atoms with Gasteiger partial charge in [-0.3, -0.25) is 4.79 Å². The van der Waals surface area contributed by atoms with Crippen LogP contribution in [0.15, 0.2) is 42.5 Å². The lowest BCUT2D eigenvalue weighted by Gasteiger charge is -2.29. The Hall–Kier alpha value is -2.73. The third-order valence-electron chi connectivity index (χ3n) is 5.34. The molecule has 1 heterocycles. The van der Waals surface area contributed by atoms with E-state index in [0.717, 1.165) is 12.0 Å². The van der Waals surface area contributed by atoms with Crippen LogP contribution in [0, 0.1) is 0 Å². The van der Waals surface area contributed by atoms with Gasteiger partial charge in [-0.25, -0.2) is 0 Å².